The van der Waals surface area contributed by atoms with E-state index in [2.05, 4.69) is 26.6 Å². The molecule has 20 nitrogen and oxygen atoms in total. The lowest BCUT2D eigenvalue weighted by Gasteiger charge is -2.31. The molecule has 2 rings (SSSR count). The average molecular weight is 839 g/mol. The molecular weight excluding hydrogens is 779 g/mol. The zero-order valence-corrected chi connectivity index (χ0v) is 34.6. The van der Waals surface area contributed by atoms with Gasteiger partial charge >= 0.3 is 7.60 Å². The van der Waals surface area contributed by atoms with Crippen LogP contribution in [0.5, 0.6) is 0 Å². The van der Waals surface area contributed by atoms with Gasteiger partial charge in [0, 0.05) is 26.3 Å². The van der Waals surface area contributed by atoms with Crippen LogP contribution in [0, 0.1) is 11.8 Å². The minimum Gasteiger partial charge on any atom is -0.391 e. The van der Waals surface area contributed by atoms with Crippen LogP contribution in [0.2, 0.25) is 0 Å². The number of rotatable bonds is 22. The molecule has 0 saturated carbocycles. The van der Waals surface area contributed by atoms with Crippen LogP contribution in [-0.2, 0) is 55.5 Å². The van der Waals surface area contributed by atoms with Crippen LogP contribution in [0.3, 0.4) is 0 Å². The zero-order chi connectivity index (χ0) is 44.1. The monoisotopic (exact) mass is 838 g/mol. The lowest BCUT2D eigenvalue weighted by molar-refractivity contribution is -0.143. The zero-order valence-electron chi connectivity index (χ0n) is 33.7. The van der Waals surface area contributed by atoms with Crippen molar-refractivity contribution in [2.24, 2.45) is 23.3 Å². The number of aliphatic hydroxyl groups excluding tert-OH is 1. The van der Waals surface area contributed by atoms with Crippen LogP contribution >= 0.6 is 7.60 Å². The highest BCUT2D eigenvalue weighted by Gasteiger charge is 2.40. The Morgan fingerprint density at radius 2 is 1.36 bits per heavy atom. The van der Waals surface area contributed by atoms with Gasteiger partial charge in [0.05, 0.1) is 12.3 Å². The van der Waals surface area contributed by atoms with E-state index in [1.54, 1.807) is 26.0 Å². The Kier molecular flexibility index (Phi) is 18.9. The molecule has 21 heteroatoms. The van der Waals surface area contributed by atoms with E-state index in [4.69, 9.17) is 11.5 Å². The molecule has 1 unspecified atom stereocenters. The number of aliphatic hydroxyl groups is 1. The van der Waals surface area contributed by atoms with Crippen LogP contribution < -0.4 is 38.1 Å². The molecule has 1 aromatic rings. The molecule has 12 N–H and O–H groups in total. The first-order valence-electron chi connectivity index (χ1n) is 19.1. The van der Waals surface area contributed by atoms with Gasteiger partial charge in [-0.25, -0.2) is 0 Å². The molecule has 1 aliphatic heterocycles. The Labute approximate surface area is 337 Å². The van der Waals surface area contributed by atoms with Crippen LogP contribution in [0.25, 0.3) is 0 Å². The van der Waals surface area contributed by atoms with Crippen LogP contribution in [0.15, 0.2) is 24.3 Å². The second-order valence-electron chi connectivity index (χ2n) is 15.4. The van der Waals surface area contributed by atoms with Gasteiger partial charge in [0.1, 0.15) is 36.3 Å². The minimum absolute atomic E-state index is 0.0191. The largest absolute Gasteiger partial charge is 0.391 e. The number of benzene rings is 1. The number of carbonyl (C=O) groups excluding carboxylic acids is 8. The summed E-state index contributed by atoms with van der Waals surface area (Å²) in [7, 11) is -4.31. The molecule has 1 heterocycles. The van der Waals surface area contributed by atoms with Crippen LogP contribution in [0.4, 0.5) is 0 Å². The number of nitrogens with two attached hydrogens (primary N) is 2. The molecule has 8 amide bonds. The van der Waals surface area contributed by atoms with Gasteiger partial charge in [-0.3, -0.25) is 42.9 Å². The minimum atomic E-state index is -4.31. The van der Waals surface area contributed by atoms with Crippen molar-refractivity contribution in [2.75, 3.05) is 6.54 Å². The van der Waals surface area contributed by atoms with Gasteiger partial charge in [-0.05, 0) is 55.6 Å². The van der Waals surface area contributed by atoms with E-state index < -0.39 is 109 Å². The average Bonchev–Trinajstić information content (AvgIpc) is 3.59. The molecule has 324 valence electrons. The summed E-state index contributed by atoms with van der Waals surface area (Å²) in [4.78, 5) is 124. The Hall–Kier alpha value is -4.91. The predicted octanol–water partition coefficient (Wildman–Crippen LogP) is -1.82. The summed E-state index contributed by atoms with van der Waals surface area (Å²) in [6, 6.07) is -1.44. The van der Waals surface area contributed by atoms with Crippen molar-refractivity contribution in [3.05, 3.63) is 35.4 Å². The highest BCUT2D eigenvalue weighted by Crippen LogP contribution is 2.39. The maximum absolute atomic E-state index is 14.1. The molecule has 0 aromatic heterocycles. The van der Waals surface area contributed by atoms with E-state index in [9.17, 15) is 57.8 Å². The third-order valence-electron chi connectivity index (χ3n) is 9.35. The number of carbonyl (C=O) groups is 8. The fourth-order valence-corrected chi connectivity index (χ4v) is 7.16. The second kappa shape index (κ2) is 22.3. The first kappa shape index (κ1) is 49.2. The van der Waals surface area contributed by atoms with Crippen LogP contribution in [-0.4, -0.2) is 116 Å². The Bertz CT molecular complexity index is 1700. The summed E-state index contributed by atoms with van der Waals surface area (Å²) < 4.78 is 11.4. The molecule has 0 bridgehead atoms. The molecule has 1 aromatic carbocycles. The van der Waals surface area contributed by atoms with E-state index in [0.717, 1.165) is 0 Å². The summed E-state index contributed by atoms with van der Waals surface area (Å²) >= 11 is 0. The van der Waals surface area contributed by atoms with E-state index >= 15 is 0 Å². The van der Waals surface area contributed by atoms with Crippen molar-refractivity contribution in [1.29, 1.82) is 0 Å². The quantitative estimate of drug-likeness (QED) is 0.0577. The third kappa shape index (κ3) is 16.2. The van der Waals surface area contributed by atoms with E-state index in [1.165, 1.54) is 30.9 Å². The smallest absolute Gasteiger partial charge is 0.329 e. The van der Waals surface area contributed by atoms with E-state index in [1.807, 2.05) is 13.8 Å². The molecule has 0 aliphatic carbocycles. The Morgan fingerprint density at radius 3 is 1.86 bits per heavy atom. The van der Waals surface area contributed by atoms with Gasteiger partial charge in [-0.1, -0.05) is 52.0 Å². The fourth-order valence-electron chi connectivity index (χ4n) is 6.47. The van der Waals surface area contributed by atoms with Crippen molar-refractivity contribution in [1.82, 2.24) is 31.5 Å². The summed E-state index contributed by atoms with van der Waals surface area (Å²) in [5, 5.41) is 23.0. The molecule has 0 radical (unpaired) electrons. The Balaban J connectivity index is 2.30. The van der Waals surface area contributed by atoms with Gasteiger partial charge in [-0.15, -0.1) is 0 Å². The highest BCUT2D eigenvalue weighted by molar-refractivity contribution is 7.50. The molecule has 7 atom stereocenters. The lowest BCUT2D eigenvalue weighted by atomic mass is 10.00. The number of hydrogen-bond donors (Lipinski definition) is 10. The van der Waals surface area contributed by atoms with Crippen molar-refractivity contribution in [3.63, 3.8) is 0 Å². The van der Waals surface area contributed by atoms with Gasteiger partial charge in [0.2, 0.25) is 47.3 Å². The van der Waals surface area contributed by atoms with Gasteiger partial charge < -0.3 is 57.8 Å². The fraction of sp³-hybridized carbons (Fsp3) is 0.622. The second-order valence-corrected chi connectivity index (χ2v) is 17.0. The SMILES string of the molecule is CC(=O)N[C@@H](Cc1ccc(CP(=O)(O)O)cc1)C(=O)N[C@@H](CC(C)C)C(=O)N1CCC[C@H]1C(=O)N[C@@H](CCC(N)=O)C(=O)N[C@H](C(=O)N[C@H](C(N)=O)C(C)C)C(C)O. The number of amides is 8. The molecule has 58 heavy (non-hydrogen) atoms. The normalized spacial score (nSPS) is 17.3. The highest BCUT2D eigenvalue weighted by atomic mass is 31.2. The molecular formula is C37H59N8O12P. The molecule has 1 aliphatic rings. The summed E-state index contributed by atoms with van der Waals surface area (Å²) in [5.74, 6) is -6.65. The molecule has 0 spiro atoms. The topological polar surface area (TPSA) is 330 Å². The summed E-state index contributed by atoms with van der Waals surface area (Å²) in [5.41, 5.74) is 11.7. The number of nitrogens with zero attached hydrogens (tertiary/aromatic N) is 1. The summed E-state index contributed by atoms with van der Waals surface area (Å²) in [6.45, 7) is 9.47. The van der Waals surface area contributed by atoms with E-state index in [-0.39, 0.29) is 44.6 Å². The van der Waals surface area contributed by atoms with Crippen molar-refractivity contribution < 1.29 is 57.8 Å². The number of likely N-dealkylation sites (tertiary alicyclic amines) is 1. The standard InChI is InChI=1S/C37H59N8O12P/c1-19(2)16-27(42-34(51)26(40-22(6)47)17-23-9-11-24(12-10-23)18-58(55,56)57)37(54)45-15-7-8-28(45)35(52)41-25(13-14-29(38)48)33(50)44-31(21(5)46)36(53)43-30(20(3)4)32(39)49/h9-12,19-21,25-28,30-31,46H,7-8,13-18H2,1-6H3,(H2,38,48)(H2,39,49)(H,40,47)(H,41,52)(H,42,51)(H,43,53)(H,44,50)(H2,55,56,57)/t21?,25-,26-,27-,28-,30-,31-/m0/s1. The maximum atomic E-state index is 14.1. The van der Waals surface area contributed by atoms with Gasteiger partial charge in [0.25, 0.3) is 0 Å². The van der Waals surface area contributed by atoms with Crippen molar-refractivity contribution in [3.8, 4) is 0 Å². The predicted molar refractivity (Wildman–Crippen MR) is 210 cm³/mol. The van der Waals surface area contributed by atoms with Crippen molar-refractivity contribution in [2.45, 2.75) is 129 Å². The van der Waals surface area contributed by atoms with E-state index in [0.29, 0.717) is 17.5 Å². The molecule has 1 fully saturated rings. The maximum Gasteiger partial charge on any atom is 0.329 e. The Morgan fingerprint density at radius 1 is 0.793 bits per heavy atom. The molecule has 1 saturated heterocycles. The number of primary amides is 2. The van der Waals surface area contributed by atoms with Crippen molar-refractivity contribution >= 4 is 54.9 Å². The third-order valence-corrected chi connectivity index (χ3v) is 10.1. The lowest BCUT2D eigenvalue weighted by Crippen LogP contribution is -2.61. The van der Waals surface area contributed by atoms with Crippen LogP contribution in [0.1, 0.15) is 84.8 Å². The van der Waals surface area contributed by atoms with Gasteiger partial charge in [0.15, 0.2) is 0 Å². The summed E-state index contributed by atoms with van der Waals surface area (Å²) in [6.07, 6.45) is -1.91. The first-order valence-corrected chi connectivity index (χ1v) is 20.9. The number of hydrogen-bond acceptors (Lipinski definition) is 10. The first-order chi connectivity index (χ1) is 26.9. The number of nitrogens with one attached hydrogen (secondary N) is 5. The van der Waals surface area contributed by atoms with Gasteiger partial charge in [-0.2, -0.15) is 0 Å².